The summed E-state index contributed by atoms with van der Waals surface area (Å²) >= 11 is 0. The molecule has 6 atom stereocenters. The van der Waals surface area contributed by atoms with Crippen molar-refractivity contribution in [1.82, 2.24) is 0 Å². The summed E-state index contributed by atoms with van der Waals surface area (Å²) in [6.45, 7) is 3.23. The van der Waals surface area contributed by atoms with Crippen molar-refractivity contribution in [3.05, 3.63) is 36.5 Å². The number of hydrogen-bond acceptors (Lipinski definition) is 12. The number of aliphatic hydroxyl groups is 5. The highest BCUT2D eigenvalue weighted by molar-refractivity contribution is 7.47. The molecule has 1 saturated carbocycles. The molecule has 0 amide bonds. The van der Waals surface area contributed by atoms with Gasteiger partial charge in [0, 0.05) is 12.8 Å². The Hall–Kier alpha value is -1.93. The van der Waals surface area contributed by atoms with Gasteiger partial charge in [-0.05, 0) is 70.6 Å². The van der Waals surface area contributed by atoms with E-state index in [1.807, 2.05) is 0 Å². The highest BCUT2D eigenvalue weighted by Crippen LogP contribution is 2.47. The third-order valence-electron chi connectivity index (χ3n) is 10.2. The minimum Gasteiger partial charge on any atom is -0.462 e. The summed E-state index contributed by atoms with van der Waals surface area (Å²) in [7, 11) is -5.12. The fourth-order valence-corrected chi connectivity index (χ4v) is 7.52. The van der Waals surface area contributed by atoms with Crippen LogP contribution in [0.2, 0.25) is 0 Å². The average Bonchev–Trinajstić information content (AvgIpc) is 3.20. The average molecular weight is 847 g/mol. The van der Waals surface area contributed by atoms with E-state index in [4.69, 9.17) is 18.5 Å². The molecule has 0 aliphatic heterocycles. The molecule has 6 N–H and O–H groups in total. The Morgan fingerprint density at radius 3 is 1.41 bits per heavy atom. The summed E-state index contributed by atoms with van der Waals surface area (Å²) in [5.41, 5.74) is 0. The van der Waals surface area contributed by atoms with Gasteiger partial charge in [-0.1, -0.05) is 127 Å². The van der Waals surface area contributed by atoms with Crippen LogP contribution in [-0.4, -0.2) is 98.3 Å². The minimum atomic E-state index is -5.12. The molecule has 1 rings (SSSR count). The summed E-state index contributed by atoms with van der Waals surface area (Å²) in [5, 5.41) is 50.1. The molecular formula is C44H79O13P. The van der Waals surface area contributed by atoms with Crippen LogP contribution in [0, 0.1) is 0 Å². The first kappa shape index (κ1) is 54.1. The minimum absolute atomic E-state index is 0.0791. The lowest BCUT2D eigenvalue weighted by Gasteiger charge is -2.41. The summed E-state index contributed by atoms with van der Waals surface area (Å²) in [4.78, 5) is 35.6. The lowest BCUT2D eigenvalue weighted by molar-refractivity contribution is -0.220. The van der Waals surface area contributed by atoms with Crippen molar-refractivity contribution >= 4 is 19.8 Å². The Bertz CT molecular complexity index is 1160. The standard InChI is InChI=1S/C44H79O13P/c1-3-5-7-9-11-13-15-17-18-19-21-23-25-27-29-31-33-38(46)56-36(35-55-58(52,53)57-44-42(50)40(48)39(47)41(49)43(44)51)34-54-37(45)32-30-28-26-24-22-20-16-14-12-10-8-6-4-2/h13-16,18-19,36,39-44,47-51H,3-12,17,20-35H2,1-2H3,(H,52,53)/b15-13-,16-14-,19-18-. The molecule has 1 aliphatic carbocycles. The molecule has 13 nitrogen and oxygen atoms in total. The molecular weight excluding hydrogens is 767 g/mol. The largest absolute Gasteiger partial charge is 0.472 e. The second-order valence-electron chi connectivity index (χ2n) is 15.5. The second kappa shape index (κ2) is 34.7. The number of ether oxygens (including phenoxy) is 2. The van der Waals surface area contributed by atoms with Gasteiger partial charge >= 0.3 is 19.8 Å². The van der Waals surface area contributed by atoms with Crippen LogP contribution in [0.25, 0.3) is 0 Å². The predicted octanol–water partition coefficient (Wildman–Crippen LogP) is 8.22. The first-order valence-electron chi connectivity index (χ1n) is 22.3. The Balaban J connectivity index is 2.50. The fraction of sp³-hybridized carbons (Fsp3) is 0.818. The van der Waals surface area contributed by atoms with E-state index in [1.54, 1.807) is 0 Å². The number of allylic oxidation sites excluding steroid dienone is 6. The van der Waals surface area contributed by atoms with E-state index in [9.17, 15) is 44.6 Å². The van der Waals surface area contributed by atoms with Gasteiger partial charge in [0.2, 0.25) is 0 Å². The van der Waals surface area contributed by atoms with Crippen molar-refractivity contribution < 1.29 is 63.1 Å². The number of aliphatic hydroxyl groups excluding tert-OH is 5. The summed E-state index contributed by atoms with van der Waals surface area (Å²) < 4.78 is 33.4. The zero-order valence-electron chi connectivity index (χ0n) is 35.6. The van der Waals surface area contributed by atoms with Crippen LogP contribution in [0.4, 0.5) is 0 Å². The molecule has 0 aromatic rings. The zero-order chi connectivity index (χ0) is 42.9. The van der Waals surface area contributed by atoms with E-state index >= 15 is 0 Å². The first-order valence-corrected chi connectivity index (χ1v) is 23.8. The van der Waals surface area contributed by atoms with Gasteiger partial charge in [0.25, 0.3) is 0 Å². The van der Waals surface area contributed by atoms with E-state index in [1.165, 1.54) is 51.4 Å². The van der Waals surface area contributed by atoms with Gasteiger partial charge in [-0.15, -0.1) is 0 Å². The molecule has 1 fully saturated rings. The van der Waals surface area contributed by atoms with Crippen LogP contribution in [0.15, 0.2) is 36.5 Å². The van der Waals surface area contributed by atoms with Crippen LogP contribution in [0.1, 0.15) is 174 Å². The van der Waals surface area contributed by atoms with Crippen LogP contribution >= 0.6 is 7.82 Å². The van der Waals surface area contributed by atoms with E-state index in [2.05, 4.69) is 50.3 Å². The van der Waals surface area contributed by atoms with Gasteiger partial charge in [-0.25, -0.2) is 4.57 Å². The molecule has 58 heavy (non-hydrogen) atoms. The van der Waals surface area contributed by atoms with Gasteiger partial charge in [0.05, 0.1) is 6.61 Å². The third kappa shape index (κ3) is 27.0. The maximum atomic E-state index is 12.8. The lowest BCUT2D eigenvalue weighted by Crippen LogP contribution is -2.64. The Labute approximate surface area is 348 Å². The predicted molar refractivity (Wildman–Crippen MR) is 226 cm³/mol. The number of carbonyl (C=O) groups excluding carboxylic acids is 2. The van der Waals surface area contributed by atoms with Crippen molar-refractivity contribution in [1.29, 1.82) is 0 Å². The highest BCUT2D eigenvalue weighted by atomic mass is 31.2. The quantitative estimate of drug-likeness (QED) is 0.0152. The van der Waals surface area contributed by atoms with Gasteiger partial charge in [0.1, 0.15) is 43.2 Å². The molecule has 0 aromatic heterocycles. The molecule has 14 heteroatoms. The number of rotatable bonds is 36. The van der Waals surface area contributed by atoms with Crippen LogP contribution < -0.4 is 0 Å². The zero-order valence-corrected chi connectivity index (χ0v) is 36.5. The maximum Gasteiger partial charge on any atom is 0.472 e. The van der Waals surface area contributed by atoms with Crippen molar-refractivity contribution in [2.45, 2.75) is 217 Å². The molecule has 0 bridgehead atoms. The Morgan fingerprint density at radius 1 is 0.534 bits per heavy atom. The molecule has 338 valence electrons. The highest BCUT2D eigenvalue weighted by Gasteiger charge is 2.51. The Morgan fingerprint density at radius 2 is 0.931 bits per heavy atom. The summed E-state index contributed by atoms with van der Waals surface area (Å²) in [5.74, 6) is -1.13. The molecule has 0 spiro atoms. The molecule has 0 saturated heterocycles. The van der Waals surface area contributed by atoms with Gasteiger partial charge in [-0.2, -0.15) is 0 Å². The van der Waals surface area contributed by atoms with Crippen molar-refractivity contribution in [2.24, 2.45) is 0 Å². The third-order valence-corrected chi connectivity index (χ3v) is 11.2. The van der Waals surface area contributed by atoms with Crippen LogP contribution in [0.5, 0.6) is 0 Å². The lowest BCUT2D eigenvalue weighted by atomic mass is 9.85. The number of phosphoric acid groups is 1. The number of unbranched alkanes of at least 4 members (excludes halogenated alkanes) is 18. The van der Waals surface area contributed by atoms with E-state index in [0.717, 1.165) is 83.5 Å². The number of carbonyl (C=O) groups is 2. The Kier molecular flexibility index (Phi) is 32.4. The topological polar surface area (TPSA) is 210 Å². The first-order chi connectivity index (χ1) is 27.9. The SMILES string of the molecule is CCCCCC/C=C\C/C=C\CCCCCCCC(=O)OC(COC(=O)CCCCCCC/C=C\CCCCCC)COP(=O)(O)OC1C(O)C(O)C(O)C(O)C1O. The normalized spacial score (nSPS) is 22.8. The van der Waals surface area contributed by atoms with Crippen LogP contribution in [0.3, 0.4) is 0 Å². The molecule has 0 heterocycles. The maximum absolute atomic E-state index is 12.8. The number of esters is 2. The molecule has 6 unspecified atom stereocenters. The van der Waals surface area contributed by atoms with Gasteiger partial charge < -0.3 is 39.9 Å². The van der Waals surface area contributed by atoms with E-state index in [0.29, 0.717) is 12.8 Å². The van der Waals surface area contributed by atoms with E-state index < -0.39 is 75.7 Å². The van der Waals surface area contributed by atoms with Gasteiger partial charge in [0.15, 0.2) is 6.10 Å². The van der Waals surface area contributed by atoms with Gasteiger partial charge in [-0.3, -0.25) is 18.6 Å². The molecule has 0 radical (unpaired) electrons. The second-order valence-corrected chi connectivity index (χ2v) is 16.9. The van der Waals surface area contributed by atoms with Crippen molar-refractivity contribution in [2.75, 3.05) is 13.2 Å². The fourth-order valence-electron chi connectivity index (χ4n) is 6.55. The number of phosphoric ester groups is 1. The van der Waals surface area contributed by atoms with Crippen molar-refractivity contribution in [3.63, 3.8) is 0 Å². The van der Waals surface area contributed by atoms with Crippen molar-refractivity contribution in [3.8, 4) is 0 Å². The molecule has 0 aromatic carbocycles. The smallest absolute Gasteiger partial charge is 0.462 e. The summed E-state index contributed by atoms with van der Waals surface area (Å²) in [6, 6.07) is 0. The number of hydrogen-bond donors (Lipinski definition) is 6. The van der Waals surface area contributed by atoms with Crippen LogP contribution in [-0.2, 0) is 32.7 Å². The summed E-state index contributed by atoms with van der Waals surface area (Å²) in [6.07, 6.45) is 24.8. The molecule has 1 aliphatic rings. The monoisotopic (exact) mass is 847 g/mol. The van der Waals surface area contributed by atoms with E-state index in [-0.39, 0.29) is 12.8 Å².